The molecule has 48 heavy (non-hydrogen) atoms. The highest BCUT2D eigenvalue weighted by molar-refractivity contribution is 4.90. The van der Waals surface area contributed by atoms with Crippen LogP contribution in [0.25, 0.3) is 0 Å². The second-order valence-electron chi connectivity index (χ2n) is 16.1. The third-order valence-electron chi connectivity index (χ3n) is 11.4. The zero-order chi connectivity index (χ0) is 34.6. The van der Waals surface area contributed by atoms with Crippen molar-refractivity contribution in [1.29, 1.82) is 0 Å². The van der Waals surface area contributed by atoms with E-state index in [1.807, 2.05) is 0 Å². The van der Waals surface area contributed by atoms with Crippen LogP contribution in [0.5, 0.6) is 0 Å². The van der Waals surface area contributed by atoms with Crippen molar-refractivity contribution < 1.29 is 4.57 Å². The summed E-state index contributed by atoms with van der Waals surface area (Å²) in [5.41, 5.74) is 0. The molecule has 0 aliphatic heterocycles. The summed E-state index contributed by atoms with van der Waals surface area (Å²) in [4.78, 5) is 3.78. The van der Waals surface area contributed by atoms with Crippen molar-refractivity contribution in [2.45, 2.75) is 277 Å². The first-order valence-electron chi connectivity index (χ1n) is 22.8. The summed E-state index contributed by atoms with van der Waals surface area (Å²) in [6.45, 7) is 9.43. The van der Waals surface area contributed by atoms with Crippen LogP contribution in [0.4, 0.5) is 0 Å². The lowest BCUT2D eigenvalue weighted by Crippen LogP contribution is -2.41. The fourth-order valence-electron chi connectivity index (χ4n) is 8.02. The molecule has 0 aliphatic carbocycles. The Morgan fingerprint density at radius 2 is 0.667 bits per heavy atom. The van der Waals surface area contributed by atoms with Gasteiger partial charge in [-0.15, -0.1) is 0 Å². The second kappa shape index (κ2) is 36.0. The molecule has 2 nitrogen and oxygen atoms in total. The van der Waals surface area contributed by atoms with Gasteiger partial charge in [0.2, 0.25) is 0 Å². The van der Waals surface area contributed by atoms with Gasteiger partial charge in [-0.3, -0.25) is 0 Å². The zero-order valence-electron chi connectivity index (χ0n) is 33.9. The molecule has 284 valence electrons. The van der Waals surface area contributed by atoms with E-state index in [9.17, 15) is 0 Å². The highest BCUT2D eigenvalue weighted by atomic mass is 15.1. The van der Waals surface area contributed by atoms with E-state index < -0.39 is 0 Å². The third kappa shape index (κ3) is 27.0. The molecule has 1 aromatic rings. The van der Waals surface area contributed by atoms with Gasteiger partial charge < -0.3 is 0 Å². The van der Waals surface area contributed by atoms with Crippen molar-refractivity contribution >= 4 is 0 Å². The fraction of sp³-hybridized carbons (Fsp3) is 0.935. The minimum Gasteiger partial charge on any atom is -0.247 e. The minimum atomic E-state index is 0.617. The Balaban J connectivity index is 2.40. The van der Waals surface area contributed by atoms with E-state index in [1.165, 1.54) is 238 Å². The molecule has 1 aromatic heterocycles. The van der Waals surface area contributed by atoms with Gasteiger partial charge in [0.25, 0.3) is 5.82 Å². The van der Waals surface area contributed by atoms with Crippen molar-refractivity contribution in [3.05, 3.63) is 18.2 Å². The molecule has 0 saturated heterocycles. The predicted molar refractivity (Wildman–Crippen MR) is 216 cm³/mol. The average molecular weight is 672 g/mol. The lowest BCUT2D eigenvalue weighted by Gasteiger charge is -2.17. The van der Waals surface area contributed by atoms with Gasteiger partial charge in [-0.05, 0) is 32.6 Å². The molecule has 0 aromatic carbocycles. The van der Waals surface area contributed by atoms with Crippen LogP contribution in [-0.2, 0) is 0 Å². The maximum absolute atomic E-state index is 3.78. The zero-order valence-corrected chi connectivity index (χ0v) is 33.9. The SMILES string of the molecule is CCCCCCCCCCCCCCC(CCCCCCCCCCCCC)c1[nH]cc[n+]1C(C)CCCCCCCCCCCCC. The monoisotopic (exact) mass is 672 g/mol. The van der Waals surface area contributed by atoms with Gasteiger partial charge in [0, 0.05) is 0 Å². The second-order valence-corrected chi connectivity index (χ2v) is 16.1. The maximum Gasteiger partial charge on any atom is 0.257 e. The number of aromatic amines is 1. The fourth-order valence-corrected chi connectivity index (χ4v) is 8.02. The Bertz CT molecular complexity index is 738. The number of imidazole rings is 1. The largest absolute Gasteiger partial charge is 0.257 e. The molecule has 0 radical (unpaired) electrons. The van der Waals surface area contributed by atoms with Gasteiger partial charge in [-0.2, -0.15) is 0 Å². The molecule has 0 spiro atoms. The van der Waals surface area contributed by atoms with E-state index in [0.717, 1.165) is 0 Å². The van der Waals surface area contributed by atoms with Crippen LogP contribution in [0.2, 0.25) is 0 Å². The Kier molecular flexibility index (Phi) is 33.9. The van der Waals surface area contributed by atoms with Crippen LogP contribution >= 0.6 is 0 Å². The number of nitrogens with zero attached hydrogens (tertiary/aromatic N) is 1. The van der Waals surface area contributed by atoms with E-state index in [-0.39, 0.29) is 0 Å². The van der Waals surface area contributed by atoms with Crippen LogP contribution in [0, 0.1) is 0 Å². The normalized spacial score (nSPS) is 13.0. The third-order valence-corrected chi connectivity index (χ3v) is 11.4. The molecule has 2 unspecified atom stereocenters. The van der Waals surface area contributed by atoms with E-state index in [2.05, 4.69) is 49.6 Å². The predicted octanol–water partition coefficient (Wildman–Crippen LogP) is 16.4. The van der Waals surface area contributed by atoms with Crippen molar-refractivity contribution in [2.24, 2.45) is 0 Å². The van der Waals surface area contributed by atoms with Crippen LogP contribution < -0.4 is 4.57 Å². The molecule has 0 bridgehead atoms. The molecule has 1 rings (SSSR count). The topological polar surface area (TPSA) is 19.7 Å². The van der Waals surface area contributed by atoms with Gasteiger partial charge in [-0.1, -0.05) is 233 Å². The summed E-state index contributed by atoms with van der Waals surface area (Å²) < 4.78 is 2.65. The summed E-state index contributed by atoms with van der Waals surface area (Å²) in [5.74, 6) is 2.25. The highest BCUT2D eigenvalue weighted by Crippen LogP contribution is 2.27. The smallest absolute Gasteiger partial charge is 0.247 e. The van der Waals surface area contributed by atoms with Gasteiger partial charge in [0.1, 0.15) is 12.4 Å². The summed E-state index contributed by atoms with van der Waals surface area (Å²) >= 11 is 0. The minimum absolute atomic E-state index is 0.617. The summed E-state index contributed by atoms with van der Waals surface area (Å²) in [7, 11) is 0. The molecular weight excluding hydrogens is 581 g/mol. The number of aromatic nitrogens is 2. The number of rotatable bonds is 39. The first-order chi connectivity index (χ1) is 23.7. The van der Waals surface area contributed by atoms with E-state index in [1.54, 1.807) is 5.82 Å². The van der Waals surface area contributed by atoms with Crippen molar-refractivity contribution in [3.63, 3.8) is 0 Å². The number of unbranched alkanes of at least 4 members (excludes halogenated alkanes) is 31. The quantitative estimate of drug-likeness (QED) is 0.0531. The molecule has 0 fully saturated rings. The number of hydrogen-bond donors (Lipinski definition) is 1. The Labute approximate surface area is 304 Å². The maximum atomic E-state index is 3.78. The van der Waals surface area contributed by atoms with Gasteiger partial charge in [0.05, 0.1) is 12.0 Å². The first-order valence-corrected chi connectivity index (χ1v) is 22.8. The van der Waals surface area contributed by atoms with Gasteiger partial charge in [0.15, 0.2) is 0 Å². The summed E-state index contributed by atoms with van der Waals surface area (Å²) in [6.07, 6.45) is 57.6. The van der Waals surface area contributed by atoms with Crippen molar-refractivity contribution in [1.82, 2.24) is 4.98 Å². The standard InChI is InChI=1S/C46H90N2/c1-5-8-11-14-17-20-23-26-29-32-35-38-41-45(40-37-34-31-28-25-22-19-16-13-10-7-3)46-47-42-43-48(46)44(4)39-36-33-30-27-24-21-18-15-12-9-6-2/h42-45H,5-41H2,1-4H3/p+1. The van der Waals surface area contributed by atoms with Gasteiger partial charge in [-0.25, -0.2) is 9.55 Å². The first kappa shape index (κ1) is 45.2. The van der Waals surface area contributed by atoms with Crippen LogP contribution in [0.15, 0.2) is 12.4 Å². The molecular formula is C46H91N2+. The Hall–Kier alpha value is -0.790. The molecule has 0 aliphatic rings. The van der Waals surface area contributed by atoms with Gasteiger partial charge >= 0.3 is 0 Å². The highest BCUT2D eigenvalue weighted by Gasteiger charge is 2.25. The molecule has 0 amide bonds. The van der Waals surface area contributed by atoms with E-state index in [0.29, 0.717) is 12.0 Å². The molecule has 0 saturated carbocycles. The Morgan fingerprint density at radius 3 is 0.979 bits per heavy atom. The lowest BCUT2D eigenvalue weighted by atomic mass is 9.92. The van der Waals surface area contributed by atoms with Crippen molar-refractivity contribution in [2.75, 3.05) is 0 Å². The average Bonchev–Trinajstić information content (AvgIpc) is 3.59. The van der Waals surface area contributed by atoms with Crippen molar-refractivity contribution in [3.8, 4) is 0 Å². The van der Waals surface area contributed by atoms with E-state index >= 15 is 0 Å². The number of nitrogens with one attached hydrogen (secondary N) is 1. The molecule has 1 heterocycles. The van der Waals surface area contributed by atoms with E-state index in [4.69, 9.17) is 0 Å². The van der Waals surface area contributed by atoms with Crippen LogP contribution in [0.3, 0.4) is 0 Å². The number of H-pyrrole nitrogens is 1. The van der Waals surface area contributed by atoms with Crippen LogP contribution in [0.1, 0.15) is 283 Å². The lowest BCUT2D eigenvalue weighted by molar-refractivity contribution is -0.727. The van der Waals surface area contributed by atoms with Crippen LogP contribution in [-0.4, -0.2) is 4.98 Å². The molecule has 2 atom stereocenters. The number of hydrogen-bond acceptors (Lipinski definition) is 0. The summed E-state index contributed by atoms with van der Waals surface area (Å²) in [5, 5.41) is 0. The molecule has 1 N–H and O–H groups in total. The Morgan fingerprint density at radius 1 is 0.396 bits per heavy atom. The molecule has 2 heteroatoms. The summed E-state index contributed by atoms with van der Waals surface area (Å²) in [6, 6.07) is 0.617.